The molecule has 4 rings (SSSR count). The molecule has 2 aliphatic rings. The van der Waals surface area contributed by atoms with Crippen LogP contribution in [0.15, 0.2) is 42.5 Å². The Hall–Kier alpha value is -1.79. The number of imide groups is 1. The number of rotatable bonds is 4. The van der Waals surface area contributed by atoms with Crippen LogP contribution >= 0.6 is 34.8 Å². The molecule has 2 fully saturated rings. The van der Waals surface area contributed by atoms with Gasteiger partial charge in [-0.2, -0.15) is 0 Å². The first-order valence-electron chi connectivity index (χ1n) is 12.3. The van der Waals surface area contributed by atoms with E-state index in [1.807, 2.05) is 50.2 Å². The average molecular weight is 553 g/mol. The lowest BCUT2D eigenvalue weighted by Crippen LogP contribution is -2.52. The second-order valence-electron chi connectivity index (χ2n) is 10.6. The highest BCUT2D eigenvalue weighted by Gasteiger charge is 2.66. The lowest BCUT2D eigenvalue weighted by atomic mass is 9.59. The van der Waals surface area contributed by atoms with Crippen LogP contribution in [0.5, 0.6) is 0 Å². The van der Waals surface area contributed by atoms with Crippen molar-refractivity contribution in [3.8, 4) is 0 Å². The van der Waals surface area contributed by atoms with Crippen molar-refractivity contribution in [1.82, 2.24) is 4.90 Å². The van der Waals surface area contributed by atoms with Crippen molar-refractivity contribution >= 4 is 46.8 Å². The summed E-state index contributed by atoms with van der Waals surface area (Å²) < 4.78 is 12.0. The predicted octanol–water partition coefficient (Wildman–Crippen LogP) is 7.87. The van der Waals surface area contributed by atoms with Gasteiger partial charge in [0.2, 0.25) is 0 Å². The van der Waals surface area contributed by atoms with Crippen molar-refractivity contribution in [2.75, 3.05) is 6.61 Å². The molecule has 0 unspecified atom stereocenters. The molecule has 2 amide bonds. The predicted molar refractivity (Wildman–Crippen MR) is 143 cm³/mol. The van der Waals surface area contributed by atoms with E-state index in [1.165, 1.54) is 4.90 Å². The van der Waals surface area contributed by atoms with E-state index < -0.39 is 23.3 Å². The Morgan fingerprint density at radius 1 is 1.08 bits per heavy atom. The molecule has 2 aromatic rings. The Bertz CT molecular complexity index is 1150. The van der Waals surface area contributed by atoms with Crippen molar-refractivity contribution < 1.29 is 19.1 Å². The fraction of sp³-hybridized carbons (Fsp3) is 0.500. The van der Waals surface area contributed by atoms with Crippen LogP contribution in [-0.4, -0.2) is 40.8 Å². The second-order valence-corrected chi connectivity index (χ2v) is 11.9. The van der Waals surface area contributed by atoms with Gasteiger partial charge in [0.15, 0.2) is 5.60 Å². The number of carbonyl (C=O) groups is 2. The maximum Gasteiger partial charge on any atom is 0.417 e. The molecule has 1 heterocycles. The number of amides is 2. The fourth-order valence-corrected chi connectivity index (χ4v) is 6.74. The van der Waals surface area contributed by atoms with E-state index in [-0.39, 0.29) is 23.7 Å². The first-order valence-corrected chi connectivity index (χ1v) is 13.4. The summed E-state index contributed by atoms with van der Waals surface area (Å²) in [7, 11) is 0. The van der Waals surface area contributed by atoms with Crippen molar-refractivity contribution in [3.05, 3.63) is 68.7 Å². The Labute approximate surface area is 228 Å². The second kappa shape index (κ2) is 10.2. The summed E-state index contributed by atoms with van der Waals surface area (Å²) in [5, 5.41) is 1.76. The van der Waals surface area contributed by atoms with Crippen LogP contribution in [0.3, 0.4) is 0 Å². The van der Waals surface area contributed by atoms with E-state index in [0.29, 0.717) is 34.5 Å². The molecule has 0 radical (unpaired) electrons. The van der Waals surface area contributed by atoms with Gasteiger partial charge in [-0.3, -0.25) is 4.79 Å². The average Bonchev–Trinajstić information content (AvgIpc) is 3.00. The van der Waals surface area contributed by atoms with Gasteiger partial charge in [-0.15, -0.1) is 0 Å². The van der Waals surface area contributed by atoms with Crippen molar-refractivity contribution in [2.24, 2.45) is 5.92 Å². The van der Waals surface area contributed by atoms with Crippen LogP contribution < -0.4 is 0 Å². The molecule has 194 valence electrons. The first-order chi connectivity index (χ1) is 16.9. The molecule has 1 saturated carbocycles. The highest BCUT2D eigenvalue weighted by molar-refractivity contribution is 6.35. The zero-order chi connectivity index (χ0) is 26.4. The van der Waals surface area contributed by atoms with E-state index in [2.05, 4.69) is 0 Å². The third-order valence-corrected chi connectivity index (χ3v) is 8.12. The van der Waals surface area contributed by atoms with Gasteiger partial charge >= 0.3 is 6.09 Å². The minimum absolute atomic E-state index is 0.0247. The first kappa shape index (κ1) is 27.3. The molecular formula is C28H32Cl3NO4. The topological polar surface area (TPSA) is 55.8 Å². The number of nitrogens with zero attached hydrogens (tertiary/aromatic N) is 1. The maximum absolute atomic E-state index is 14.0. The molecular weight excluding hydrogens is 521 g/mol. The number of carbonyl (C=O) groups excluding carboxylic acids is 2. The van der Waals surface area contributed by atoms with Crippen LogP contribution in [-0.2, 0) is 14.3 Å². The van der Waals surface area contributed by atoms with Gasteiger partial charge in [-0.05, 0) is 94.7 Å². The standard InChI is InChI=1S/C28H32Cl3NO4/c1-6-35-28-14-13-21(20-12-11-19(30)15-22(20)31)23(17-7-9-18(29)10-8-17)24(28)16(2)32(25(28)33)26(34)36-27(3,4)5/h7-12,15-16,21,23-24H,6,13-14H2,1-5H3/t16-,21-,23-,24-,28-/m0/s1. The van der Waals surface area contributed by atoms with Gasteiger partial charge in [0.1, 0.15) is 5.60 Å². The highest BCUT2D eigenvalue weighted by Crippen LogP contribution is 2.59. The smallest absolute Gasteiger partial charge is 0.417 e. The van der Waals surface area contributed by atoms with Gasteiger partial charge in [-0.1, -0.05) is 53.0 Å². The Balaban J connectivity index is 1.88. The van der Waals surface area contributed by atoms with Gasteiger partial charge < -0.3 is 9.47 Å². The number of hydrogen-bond donors (Lipinski definition) is 0. The van der Waals surface area contributed by atoms with Crippen molar-refractivity contribution in [1.29, 1.82) is 0 Å². The van der Waals surface area contributed by atoms with E-state index in [0.717, 1.165) is 11.1 Å². The summed E-state index contributed by atoms with van der Waals surface area (Å²) in [4.78, 5) is 28.6. The van der Waals surface area contributed by atoms with Gasteiger partial charge in [0, 0.05) is 33.6 Å². The van der Waals surface area contributed by atoms with Crippen molar-refractivity contribution in [3.63, 3.8) is 0 Å². The van der Waals surface area contributed by atoms with E-state index in [1.54, 1.807) is 26.8 Å². The van der Waals surface area contributed by atoms with Crippen LogP contribution in [0.25, 0.3) is 0 Å². The summed E-state index contributed by atoms with van der Waals surface area (Å²) in [6.07, 6.45) is 0.456. The third-order valence-electron chi connectivity index (χ3n) is 7.30. The summed E-state index contributed by atoms with van der Waals surface area (Å²) in [5.41, 5.74) is 0.0833. The maximum atomic E-state index is 14.0. The third kappa shape index (κ3) is 4.88. The fourth-order valence-electron chi connectivity index (χ4n) is 6.07. The molecule has 36 heavy (non-hydrogen) atoms. The molecule has 1 aliphatic carbocycles. The molecule has 5 nitrogen and oxygen atoms in total. The molecule has 0 N–H and O–H groups in total. The molecule has 0 bridgehead atoms. The van der Waals surface area contributed by atoms with Crippen LogP contribution in [0.4, 0.5) is 4.79 Å². The van der Waals surface area contributed by atoms with Crippen LogP contribution in [0.2, 0.25) is 15.1 Å². The number of hydrogen-bond acceptors (Lipinski definition) is 4. The molecule has 5 atom stereocenters. The zero-order valence-electron chi connectivity index (χ0n) is 21.2. The molecule has 2 aromatic carbocycles. The van der Waals surface area contributed by atoms with E-state index in [4.69, 9.17) is 44.3 Å². The van der Waals surface area contributed by atoms with Crippen LogP contribution in [0.1, 0.15) is 70.4 Å². The largest absolute Gasteiger partial charge is 0.443 e. The molecule has 8 heteroatoms. The number of halogens is 3. The SMILES string of the molecule is CCO[C@@]12CC[C@@H](c3ccc(Cl)cc3Cl)[C@H](c3ccc(Cl)cc3)[C@@H]1[C@H](C)N(C(=O)OC(C)(C)C)C2=O. The molecule has 0 spiro atoms. The van der Waals surface area contributed by atoms with Crippen LogP contribution in [0, 0.1) is 5.92 Å². The highest BCUT2D eigenvalue weighted by atomic mass is 35.5. The summed E-state index contributed by atoms with van der Waals surface area (Å²) in [5.74, 6) is -0.865. The number of likely N-dealkylation sites (tertiary alicyclic amines) is 1. The molecule has 1 saturated heterocycles. The lowest BCUT2D eigenvalue weighted by Gasteiger charge is -2.47. The number of benzene rings is 2. The van der Waals surface area contributed by atoms with E-state index >= 15 is 0 Å². The number of fused-ring (bicyclic) bond motifs is 1. The van der Waals surface area contributed by atoms with Gasteiger partial charge in [-0.25, -0.2) is 9.69 Å². The minimum atomic E-state index is -1.15. The Morgan fingerprint density at radius 3 is 2.31 bits per heavy atom. The summed E-state index contributed by atoms with van der Waals surface area (Å²) in [6.45, 7) is 9.49. The Morgan fingerprint density at radius 2 is 1.72 bits per heavy atom. The summed E-state index contributed by atoms with van der Waals surface area (Å²) >= 11 is 19.1. The zero-order valence-corrected chi connectivity index (χ0v) is 23.5. The number of ether oxygens (including phenoxy) is 2. The monoisotopic (exact) mass is 551 g/mol. The molecule has 1 aliphatic heterocycles. The van der Waals surface area contributed by atoms with Gasteiger partial charge in [0.25, 0.3) is 5.91 Å². The van der Waals surface area contributed by atoms with Gasteiger partial charge in [0.05, 0.1) is 0 Å². The Kier molecular flexibility index (Phi) is 7.70. The van der Waals surface area contributed by atoms with Crippen molar-refractivity contribution in [2.45, 2.75) is 76.5 Å². The quantitative estimate of drug-likeness (QED) is 0.387. The summed E-state index contributed by atoms with van der Waals surface area (Å²) in [6, 6.07) is 12.7. The lowest BCUT2D eigenvalue weighted by molar-refractivity contribution is -0.157. The van der Waals surface area contributed by atoms with E-state index in [9.17, 15) is 9.59 Å². The molecule has 0 aromatic heterocycles. The minimum Gasteiger partial charge on any atom is -0.443 e. The normalized spacial score (nSPS) is 28.2.